The van der Waals surface area contributed by atoms with Crippen molar-refractivity contribution < 1.29 is 9.53 Å². The van der Waals surface area contributed by atoms with Crippen LogP contribution in [0.2, 0.25) is 5.02 Å². The van der Waals surface area contributed by atoms with E-state index in [2.05, 4.69) is 33.9 Å². The average Bonchev–Trinajstić information content (AvgIpc) is 2.75. The molecule has 0 saturated carbocycles. The molecule has 2 aromatic rings. The van der Waals surface area contributed by atoms with Crippen molar-refractivity contribution in [3.8, 4) is 5.75 Å². The summed E-state index contributed by atoms with van der Waals surface area (Å²) in [5.74, 6) is 2.62. The Labute approximate surface area is 189 Å². The van der Waals surface area contributed by atoms with Gasteiger partial charge in [0.1, 0.15) is 17.4 Å². The van der Waals surface area contributed by atoms with E-state index in [0.29, 0.717) is 16.5 Å². The van der Waals surface area contributed by atoms with Crippen LogP contribution in [0.25, 0.3) is 0 Å². The van der Waals surface area contributed by atoms with E-state index in [-0.39, 0.29) is 17.9 Å². The summed E-state index contributed by atoms with van der Waals surface area (Å²) in [5.41, 5.74) is 2.51. The molecule has 0 aliphatic carbocycles. The van der Waals surface area contributed by atoms with Crippen molar-refractivity contribution in [3.05, 3.63) is 40.3 Å². The Hall–Kier alpha value is -2.38. The Morgan fingerprint density at radius 1 is 1.10 bits per heavy atom. The molecule has 0 radical (unpaired) electrons. The lowest BCUT2D eigenvalue weighted by atomic mass is 10.1. The van der Waals surface area contributed by atoms with Crippen molar-refractivity contribution in [1.29, 1.82) is 0 Å². The largest absolute Gasteiger partial charge is 0.495 e. The van der Waals surface area contributed by atoms with Crippen molar-refractivity contribution in [2.45, 2.75) is 46.6 Å². The lowest BCUT2D eigenvalue weighted by molar-refractivity contribution is -0.120. The van der Waals surface area contributed by atoms with Gasteiger partial charge in [0.25, 0.3) is 0 Å². The summed E-state index contributed by atoms with van der Waals surface area (Å²) in [4.78, 5) is 26.7. The van der Waals surface area contributed by atoms with Gasteiger partial charge in [0.05, 0.1) is 18.8 Å². The number of piperazine rings is 1. The first kappa shape index (κ1) is 23.3. The van der Waals surface area contributed by atoms with E-state index in [4.69, 9.17) is 21.3 Å². The average molecular weight is 446 g/mol. The topological polar surface area (TPSA) is 70.6 Å². The molecule has 1 aromatic carbocycles. The van der Waals surface area contributed by atoms with Gasteiger partial charge >= 0.3 is 0 Å². The Balaban J connectivity index is 1.63. The van der Waals surface area contributed by atoms with Crippen LogP contribution in [0.4, 0.5) is 11.5 Å². The maximum atomic E-state index is 12.9. The smallest absolute Gasteiger partial charge is 0.241 e. The highest BCUT2D eigenvalue weighted by atomic mass is 35.5. The summed E-state index contributed by atoms with van der Waals surface area (Å²) in [6.07, 6.45) is 0. The predicted molar refractivity (Wildman–Crippen MR) is 125 cm³/mol. The van der Waals surface area contributed by atoms with Crippen molar-refractivity contribution in [2.75, 3.05) is 43.5 Å². The Morgan fingerprint density at radius 3 is 2.39 bits per heavy atom. The number of methoxy groups -OCH3 is 1. The molecule has 1 atom stereocenters. The van der Waals surface area contributed by atoms with Gasteiger partial charge in [0, 0.05) is 54.9 Å². The summed E-state index contributed by atoms with van der Waals surface area (Å²) in [5, 5.41) is 3.61. The van der Waals surface area contributed by atoms with Crippen LogP contribution in [0.1, 0.15) is 43.8 Å². The summed E-state index contributed by atoms with van der Waals surface area (Å²) in [6, 6.07) is 5.34. The van der Waals surface area contributed by atoms with E-state index in [1.807, 2.05) is 32.9 Å². The van der Waals surface area contributed by atoms with Crippen molar-refractivity contribution >= 4 is 29.0 Å². The summed E-state index contributed by atoms with van der Waals surface area (Å²) < 4.78 is 5.37. The Kier molecular flexibility index (Phi) is 7.38. The van der Waals surface area contributed by atoms with Crippen LogP contribution in [0.5, 0.6) is 5.75 Å². The number of carbonyl (C=O) groups is 1. The second-order valence-electron chi connectivity index (χ2n) is 8.37. The van der Waals surface area contributed by atoms with Crippen molar-refractivity contribution in [3.63, 3.8) is 0 Å². The minimum atomic E-state index is -0.263. The van der Waals surface area contributed by atoms with Gasteiger partial charge in [-0.3, -0.25) is 9.69 Å². The van der Waals surface area contributed by atoms with Crippen molar-refractivity contribution in [1.82, 2.24) is 14.9 Å². The standard InChI is InChI=1S/C23H32ClN5O2/c1-14(2)22-25-16(4)12-21(27-22)29-9-7-28(8-10-29)17(5)23(30)26-19-11-15(3)18(24)13-20(19)31-6/h11-14,17H,7-10H2,1-6H3,(H,26,30). The maximum Gasteiger partial charge on any atom is 0.241 e. The second-order valence-corrected chi connectivity index (χ2v) is 8.78. The van der Waals surface area contributed by atoms with Crippen LogP contribution >= 0.6 is 11.6 Å². The molecule has 1 unspecified atom stereocenters. The van der Waals surface area contributed by atoms with E-state index in [1.165, 1.54) is 0 Å². The molecular weight excluding hydrogens is 414 g/mol. The minimum absolute atomic E-state index is 0.0616. The fourth-order valence-electron chi connectivity index (χ4n) is 3.67. The summed E-state index contributed by atoms with van der Waals surface area (Å²) >= 11 is 6.17. The molecule has 1 aliphatic heterocycles. The first-order valence-corrected chi connectivity index (χ1v) is 11.1. The highest BCUT2D eigenvalue weighted by Gasteiger charge is 2.27. The fraction of sp³-hybridized carbons (Fsp3) is 0.522. The molecule has 7 nitrogen and oxygen atoms in total. The zero-order valence-corrected chi connectivity index (χ0v) is 20.0. The van der Waals surface area contributed by atoms with E-state index in [0.717, 1.165) is 49.1 Å². The third kappa shape index (κ3) is 5.46. The van der Waals surface area contributed by atoms with Crippen LogP contribution in [-0.2, 0) is 4.79 Å². The Morgan fingerprint density at radius 2 is 1.77 bits per heavy atom. The van der Waals surface area contributed by atoms with Gasteiger partial charge in [-0.05, 0) is 32.4 Å². The number of nitrogens with zero attached hydrogens (tertiary/aromatic N) is 4. The molecule has 1 N–H and O–H groups in total. The number of amides is 1. The number of anilines is 2. The molecule has 1 fully saturated rings. The molecule has 0 bridgehead atoms. The monoisotopic (exact) mass is 445 g/mol. The number of aromatic nitrogens is 2. The zero-order chi connectivity index (χ0) is 22.7. The highest BCUT2D eigenvalue weighted by Crippen LogP contribution is 2.31. The number of halogens is 1. The molecule has 3 rings (SSSR count). The van der Waals surface area contributed by atoms with E-state index >= 15 is 0 Å². The van der Waals surface area contributed by atoms with Gasteiger partial charge < -0.3 is 15.0 Å². The van der Waals surface area contributed by atoms with Gasteiger partial charge in [-0.25, -0.2) is 9.97 Å². The molecule has 8 heteroatoms. The van der Waals surface area contributed by atoms with E-state index < -0.39 is 0 Å². The second kappa shape index (κ2) is 9.83. The molecule has 1 amide bonds. The summed E-state index contributed by atoms with van der Waals surface area (Å²) in [6.45, 7) is 13.3. The summed E-state index contributed by atoms with van der Waals surface area (Å²) in [7, 11) is 1.57. The number of aryl methyl sites for hydroxylation is 2. The van der Waals surface area contributed by atoms with Crippen LogP contribution in [-0.4, -0.2) is 60.1 Å². The molecule has 1 aliphatic rings. The predicted octanol–water partition coefficient (Wildman–Crippen LogP) is 4.03. The molecular formula is C23H32ClN5O2. The lowest BCUT2D eigenvalue weighted by Gasteiger charge is -2.38. The van der Waals surface area contributed by atoms with Gasteiger partial charge in [-0.1, -0.05) is 25.4 Å². The first-order valence-electron chi connectivity index (χ1n) is 10.7. The van der Waals surface area contributed by atoms with Gasteiger partial charge in [0.15, 0.2) is 0 Å². The fourth-order valence-corrected chi connectivity index (χ4v) is 3.82. The Bertz CT molecular complexity index is 942. The third-order valence-corrected chi connectivity index (χ3v) is 6.09. The normalized spacial score (nSPS) is 15.8. The number of nitrogens with one attached hydrogen (secondary N) is 1. The minimum Gasteiger partial charge on any atom is -0.495 e. The highest BCUT2D eigenvalue weighted by molar-refractivity contribution is 6.31. The van der Waals surface area contributed by atoms with Crippen LogP contribution in [0.3, 0.4) is 0 Å². The van der Waals surface area contributed by atoms with Crippen LogP contribution in [0, 0.1) is 13.8 Å². The molecule has 2 heterocycles. The first-order chi connectivity index (χ1) is 14.7. The maximum absolute atomic E-state index is 12.9. The number of ether oxygens (including phenoxy) is 1. The van der Waals surface area contributed by atoms with E-state index in [1.54, 1.807) is 13.2 Å². The number of carbonyl (C=O) groups excluding carboxylic acids is 1. The SMILES string of the molecule is COc1cc(Cl)c(C)cc1NC(=O)C(C)N1CCN(c2cc(C)nc(C(C)C)n2)CC1. The molecule has 31 heavy (non-hydrogen) atoms. The number of hydrogen-bond donors (Lipinski definition) is 1. The number of rotatable bonds is 6. The van der Waals surface area contributed by atoms with Gasteiger partial charge in [-0.15, -0.1) is 0 Å². The molecule has 1 aromatic heterocycles. The zero-order valence-electron chi connectivity index (χ0n) is 19.2. The molecule has 1 saturated heterocycles. The van der Waals surface area contributed by atoms with Gasteiger partial charge in [-0.2, -0.15) is 0 Å². The van der Waals surface area contributed by atoms with Gasteiger partial charge in [0.2, 0.25) is 5.91 Å². The molecule has 168 valence electrons. The quantitative estimate of drug-likeness (QED) is 0.723. The lowest BCUT2D eigenvalue weighted by Crippen LogP contribution is -2.53. The number of hydrogen-bond acceptors (Lipinski definition) is 6. The van der Waals surface area contributed by atoms with Crippen molar-refractivity contribution in [2.24, 2.45) is 0 Å². The third-order valence-electron chi connectivity index (χ3n) is 5.68. The van der Waals surface area contributed by atoms with Crippen LogP contribution < -0.4 is 15.0 Å². The number of benzene rings is 1. The van der Waals surface area contributed by atoms with E-state index in [9.17, 15) is 4.79 Å². The van der Waals surface area contributed by atoms with Crippen LogP contribution in [0.15, 0.2) is 18.2 Å². The molecule has 0 spiro atoms.